The second kappa shape index (κ2) is 3.46. The fraction of sp³-hybridized carbons (Fsp3) is 0.385. The largest absolute Gasteiger partial charge is 0.422 e. The molecule has 5 N–H and O–H groups in total. The molecular weight excluding hydrogens is 209 g/mol. The van der Waals surface area contributed by atoms with Crippen LogP contribution in [0.1, 0.15) is 25.0 Å². The van der Waals surface area contributed by atoms with E-state index in [4.69, 9.17) is 11.5 Å². The molecule has 88 valence electrons. The van der Waals surface area contributed by atoms with Crippen LogP contribution < -0.4 is 22.2 Å². The summed E-state index contributed by atoms with van der Waals surface area (Å²) < 4.78 is 0. The number of nitrogens with two attached hydrogens (primary N) is 2. The van der Waals surface area contributed by atoms with E-state index >= 15 is 0 Å². The van der Waals surface area contributed by atoms with Gasteiger partial charge in [0.1, 0.15) is 0 Å². The Hall–Kier alpha value is -1.58. The molecule has 2 aliphatic heterocycles. The molecule has 1 aromatic rings. The van der Waals surface area contributed by atoms with E-state index in [1.807, 2.05) is 0 Å². The van der Waals surface area contributed by atoms with Crippen molar-refractivity contribution in [2.45, 2.75) is 26.6 Å². The van der Waals surface area contributed by atoms with Gasteiger partial charge < -0.3 is 16.7 Å². The number of hydrogen-bond donors (Lipinski definition) is 3. The second-order valence-electron chi connectivity index (χ2n) is 5.35. The van der Waals surface area contributed by atoms with E-state index in [0.29, 0.717) is 12.8 Å². The molecule has 0 amide bonds. The van der Waals surface area contributed by atoms with E-state index in [2.05, 4.69) is 31.2 Å². The highest BCUT2D eigenvalue weighted by Gasteiger charge is 2.45. The summed E-state index contributed by atoms with van der Waals surface area (Å²) in [4.78, 5) is 0. The van der Waals surface area contributed by atoms with E-state index in [9.17, 15) is 0 Å². The molecule has 1 aromatic carbocycles. The van der Waals surface area contributed by atoms with Crippen LogP contribution in [-0.2, 0) is 12.7 Å². The molecule has 17 heavy (non-hydrogen) atoms. The predicted octanol–water partition coefficient (Wildman–Crippen LogP) is 1.32. The van der Waals surface area contributed by atoms with Gasteiger partial charge in [-0.15, -0.1) is 0 Å². The second-order valence-corrected chi connectivity index (χ2v) is 5.35. The van der Waals surface area contributed by atoms with Crippen molar-refractivity contribution in [3.05, 3.63) is 23.3 Å². The van der Waals surface area contributed by atoms with E-state index in [0.717, 1.165) is 35.4 Å². The molecular formula is C13H18BN3. The highest BCUT2D eigenvalue weighted by atomic mass is 14.9. The molecule has 0 fully saturated rings. The number of nitrogens with one attached hydrogen (secondary N) is 1. The van der Waals surface area contributed by atoms with Crippen molar-refractivity contribution in [3.8, 4) is 0 Å². The Bertz CT molecular complexity index is 487. The Labute approximate surface area is 102 Å². The fourth-order valence-corrected chi connectivity index (χ4v) is 2.75. The molecule has 0 aromatic heterocycles. The van der Waals surface area contributed by atoms with Gasteiger partial charge in [0.2, 0.25) is 0 Å². The normalized spacial score (nSPS) is 15.6. The van der Waals surface area contributed by atoms with Crippen molar-refractivity contribution < 1.29 is 0 Å². The molecule has 3 nitrogen and oxygen atoms in total. The molecule has 2 heterocycles. The molecule has 0 atom stereocenters. The van der Waals surface area contributed by atoms with E-state index < -0.39 is 0 Å². The maximum Gasteiger partial charge on any atom is 0.293 e. The van der Waals surface area contributed by atoms with Crippen LogP contribution in [0.4, 0.5) is 17.1 Å². The number of benzene rings is 1. The molecule has 0 radical (unpaired) electrons. The van der Waals surface area contributed by atoms with Gasteiger partial charge in [0, 0.05) is 16.9 Å². The first-order valence-corrected chi connectivity index (χ1v) is 6.25. The average molecular weight is 227 g/mol. The van der Waals surface area contributed by atoms with Crippen molar-refractivity contribution in [3.63, 3.8) is 0 Å². The zero-order chi connectivity index (χ0) is 12.2. The zero-order valence-corrected chi connectivity index (χ0v) is 10.4. The summed E-state index contributed by atoms with van der Waals surface area (Å²) in [7, 11) is 0. The lowest BCUT2D eigenvalue weighted by Gasteiger charge is -2.43. The first-order valence-electron chi connectivity index (χ1n) is 6.25. The van der Waals surface area contributed by atoms with Gasteiger partial charge in [-0.3, -0.25) is 0 Å². The first kappa shape index (κ1) is 10.6. The molecule has 0 aliphatic carbocycles. The number of rotatable bonds is 3. The molecule has 0 unspecified atom stereocenters. The van der Waals surface area contributed by atoms with Gasteiger partial charge in [-0.05, 0) is 29.7 Å². The smallest absolute Gasteiger partial charge is 0.293 e. The van der Waals surface area contributed by atoms with Crippen LogP contribution in [0.5, 0.6) is 0 Å². The molecule has 0 saturated heterocycles. The minimum Gasteiger partial charge on any atom is -0.422 e. The summed E-state index contributed by atoms with van der Waals surface area (Å²) in [5.74, 6) is 0.569. The van der Waals surface area contributed by atoms with Crippen LogP contribution in [-0.4, -0.2) is 6.85 Å². The Morgan fingerprint density at radius 3 is 2.76 bits per heavy atom. The third-order valence-electron chi connectivity index (χ3n) is 3.76. The minimum absolute atomic E-state index is 0.532. The lowest BCUT2D eigenvalue weighted by Crippen LogP contribution is -2.63. The van der Waals surface area contributed by atoms with E-state index in [1.165, 1.54) is 11.0 Å². The molecule has 4 heteroatoms. The zero-order valence-electron chi connectivity index (χ0n) is 10.4. The molecule has 2 aliphatic rings. The van der Waals surface area contributed by atoms with Crippen molar-refractivity contribution in [2.75, 3.05) is 16.7 Å². The standard InChI is InChI=1S/C13H18BN3/c1-7(2)4-3-5-8-11(15)9-6-14-10(9)13(17-14)12(8)16/h3-4,7,17H,5-6,15-16H2,1-2H3/b4-3-. The maximum absolute atomic E-state index is 6.20. The van der Waals surface area contributed by atoms with Crippen LogP contribution >= 0.6 is 0 Å². The Morgan fingerprint density at radius 2 is 2.12 bits per heavy atom. The van der Waals surface area contributed by atoms with Crippen LogP contribution in [0.25, 0.3) is 0 Å². The average Bonchev–Trinajstić information content (AvgIpc) is 2.23. The Kier molecular flexibility index (Phi) is 2.15. The Morgan fingerprint density at radius 1 is 1.35 bits per heavy atom. The quantitative estimate of drug-likeness (QED) is 0.414. The number of allylic oxidation sites excluding steroid dienone is 2. The third kappa shape index (κ3) is 1.36. The van der Waals surface area contributed by atoms with Crippen molar-refractivity contribution in [1.82, 2.24) is 0 Å². The van der Waals surface area contributed by atoms with Crippen LogP contribution in [0.3, 0.4) is 0 Å². The highest BCUT2D eigenvalue weighted by Crippen LogP contribution is 2.41. The van der Waals surface area contributed by atoms with E-state index in [-0.39, 0.29) is 0 Å². The highest BCUT2D eigenvalue weighted by molar-refractivity contribution is 6.88. The summed E-state index contributed by atoms with van der Waals surface area (Å²) in [6.45, 7) is 4.87. The molecule has 0 spiro atoms. The van der Waals surface area contributed by atoms with Gasteiger partial charge in [0.15, 0.2) is 0 Å². The van der Waals surface area contributed by atoms with Gasteiger partial charge in [0.25, 0.3) is 6.85 Å². The fourth-order valence-electron chi connectivity index (χ4n) is 2.75. The summed E-state index contributed by atoms with van der Waals surface area (Å²) in [5.41, 5.74) is 19.1. The van der Waals surface area contributed by atoms with Crippen LogP contribution in [0.15, 0.2) is 12.2 Å². The predicted molar refractivity (Wildman–Crippen MR) is 75.7 cm³/mol. The van der Waals surface area contributed by atoms with Gasteiger partial charge >= 0.3 is 0 Å². The van der Waals surface area contributed by atoms with Gasteiger partial charge in [-0.2, -0.15) is 0 Å². The van der Waals surface area contributed by atoms with Crippen LogP contribution in [0.2, 0.25) is 0 Å². The van der Waals surface area contributed by atoms with Gasteiger partial charge in [0.05, 0.1) is 5.69 Å². The number of anilines is 3. The van der Waals surface area contributed by atoms with Gasteiger partial charge in [-0.25, -0.2) is 0 Å². The lowest BCUT2D eigenvalue weighted by molar-refractivity contribution is 0.827. The monoisotopic (exact) mass is 227 g/mol. The van der Waals surface area contributed by atoms with Crippen molar-refractivity contribution in [2.24, 2.45) is 5.92 Å². The molecule has 0 saturated carbocycles. The minimum atomic E-state index is 0.532. The maximum atomic E-state index is 6.20. The summed E-state index contributed by atoms with van der Waals surface area (Å²) >= 11 is 0. The SMILES string of the molecule is CC(C)/C=C\Cc1c(N)c2c3c(c1N)NB3C2. The summed E-state index contributed by atoms with van der Waals surface area (Å²) in [5, 5.41) is 3.39. The summed E-state index contributed by atoms with van der Waals surface area (Å²) in [6, 6.07) is 0. The van der Waals surface area contributed by atoms with Crippen LogP contribution in [0, 0.1) is 5.92 Å². The third-order valence-corrected chi connectivity index (χ3v) is 3.76. The first-order chi connectivity index (χ1) is 8.09. The topological polar surface area (TPSA) is 64.1 Å². The molecule has 0 bridgehead atoms. The lowest BCUT2D eigenvalue weighted by atomic mass is 9.35. The van der Waals surface area contributed by atoms with Gasteiger partial charge in [-0.1, -0.05) is 26.0 Å². The number of nitrogen functional groups attached to an aromatic ring is 2. The summed E-state index contributed by atoms with van der Waals surface area (Å²) in [6.07, 6.45) is 6.26. The number of hydrogen-bond acceptors (Lipinski definition) is 3. The van der Waals surface area contributed by atoms with Crippen molar-refractivity contribution >= 4 is 29.4 Å². The molecule has 3 rings (SSSR count). The van der Waals surface area contributed by atoms with Crippen molar-refractivity contribution in [1.29, 1.82) is 0 Å². The van der Waals surface area contributed by atoms with E-state index in [1.54, 1.807) is 0 Å². The Balaban J connectivity index is 1.95.